The Morgan fingerprint density at radius 3 is 2.58 bits per heavy atom. The monoisotopic (exact) mass is 267 g/mol. The highest BCUT2D eigenvalue weighted by molar-refractivity contribution is 5.80. The molecule has 0 bridgehead atoms. The molecule has 0 saturated heterocycles. The summed E-state index contributed by atoms with van der Waals surface area (Å²) in [5, 5.41) is 22.3. The minimum absolute atomic E-state index is 0.0449. The molecular formula is C11H13N3O5. The number of hydrogen-bond acceptors (Lipinski definition) is 5. The van der Waals surface area contributed by atoms with Gasteiger partial charge in [-0.05, 0) is 12.5 Å². The molecule has 0 heterocycles. The van der Waals surface area contributed by atoms with Crippen molar-refractivity contribution in [2.45, 2.75) is 18.9 Å². The van der Waals surface area contributed by atoms with Gasteiger partial charge in [0, 0.05) is 12.5 Å². The first kappa shape index (κ1) is 14.4. The first-order valence-electron chi connectivity index (χ1n) is 5.43. The number of nitrogens with one attached hydrogen (secondary N) is 1. The number of benzene rings is 1. The second-order valence-electron chi connectivity index (χ2n) is 3.81. The van der Waals surface area contributed by atoms with Crippen LogP contribution in [0.1, 0.15) is 12.8 Å². The molecule has 8 heteroatoms. The van der Waals surface area contributed by atoms with Crippen LogP contribution in [-0.2, 0) is 9.59 Å². The van der Waals surface area contributed by atoms with Gasteiger partial charge in [0.05, 0.1) is 4.92 Å². The zero-order valence-corrected chi connectivity index (χ0v) is 9.91. The number of anilines is 1. The number of hydrogen-bond donors (Lipinski definition) is 3. The lowest BCUT2D eigenvalue weighted by Gasteiger charge is -2.14. The number of nitro groups is 1. The average molecular weight is 267 g/mol. The van der Waals surface area contributed by atoms with Crippen LogP contribution in [0.3, 0.4) is 0 Å². The second kappa shape index (κ2) is 6.34. The number of carbonyl (C=O) groups is 2. The highest BCUT2D eigenvalue weighted by Crippen LogP contribution is 2.24. The first-order chi connectivity index (χ1) is 8.91. The Kier molecular flexibility index (Phi) is 4.81. The third kappa shape index (κ3) is 4.26. The molecule has 0 saturated carbocycles. The van der Waals surface area contributed by atoms with Crippen molar-refractivity contribution in [3.63, 3.8) is 0 Å². The lowest BCUT2D eigenvalue weighted by atomic mass is 10.1. The molecule has 0 aliphatic heterocycles. The number of carboxylic acid groups (broad SMARTS) is 1. The fourth-order valence-corrected chi connectivity index (χ4v) is 1.49. The number of carboxylic acids is 1. The average Bonchev–Trinajstić information content (AvgIpc) is 2.34. The van der Waals surface area contributed by atoms with Crippen LogP contribution < -0.4 is 11.1 Å². The van der Waals surface area contributed by atoms with Gasteiger partial charge in [0.2, 0.25) is 5.91 Å². The molecule has 1 amide bonds. The van der Waals surface area contributed by atoms with E-state index in [1.165, 1.54) is 18.2 Å². The maximum absolute atomic E-state index is 11.0. The molecule has 1 atom stereocenters. The van der Waals surface area contributed by atoms with E-state index >= 15 is 0 Å². The fraction of sp³-hybridized carbons (Fsp3) is 0.273. The summed E-state index contributed by atoms with van der Waals surface area (Å²) >= 11 is 0. The fourth-order valence-electron chi connectivity index (χ4n) is 1.49. The number of amides is 1. The van der Waals surface area contributed by atoms with E-state index in [-0.39, 0.29) is 24.2 Å². The molecule has 0 aliphatic carbocycles. The van der Waals surface area contributed by atoms with Gasteiger partial charge in [-0.3, -0.25) is 14.9 Å². The number of nitrogens with zero attached hydrogens (tertiary/aromatic N) is 1. The van der Waals surface area contributed by atoms with E-state index in [2.05, 4.69) is 5.32 Å². The number of rotatable bonds is 7. The summed E-state index contributed by atoms with van der Waals surface area (Å²) in [6, 6.07) is 4.56. The smallest absolute Gasteiger partial charge is 0.326 e. The van der Waals surface area contributed by atoms with Crippen molar-refractivity contribution in [1.29, 1.82) is 0 Å². The Morgan fingerprint density at radius 1 is 1.42 bits per heavy atom. The van der Waals surface area contributed by atoms with E-state index in [4.69, 9.17) is 10.8 Å². The molecule has 1 aromatic carbocycles. The molecular weight excluding hydrogens is 254 g/mol. The predicted molar refractivity (Wildman–Crippen MR) is 66.6 cm³/mol. The topological polar surface area (TPSA) is 136 Å². The van der Waals surface area contributed by atoms with Crippen molar-refractivity contribution in [3.05, 3.63) is 34.4 Å². The molecule has 1 rings (SSSR count). The molecule has 102 valence electrons. The van der Waals surface area contributed by atoms with Gasteiger partial charge in [-0.2, -0.15) is 0 Å². The Bertz CT molecular complexity index is 503. The minimum Gasteiger partial charge on any atom is -0.480 e. The molecule has 4 N–H and O–H groups in total. The zero-order chi connectivity index (χ0) is 14.4. The van der Waals surface area contributed by atoms with Gasteiger partial charge >= 0.3 is 5.97 Å². The summed E-state index contributed by atoms with van der Waals surface area (Å²) in [4.78, 5) is 31.8. The maximum atomic E-state index is 11.0. The summed E-state index contributed by atoms with van der Waals surface area (Å²) in [7, 11) is 0. The van der Waals surface area contributed by atoms with Crippen LogP contribution in [0.25, 0.3) is 0 Å². The Balaban J connectivity index is 2.87. The molecule has 19 heavy (non-hydrogen) atoms. The van der Waals surface area contributed by atoms with Crippen molar-refractivity contribution in [2.24, 2.45) is 5.73 Å². The molecule has 0 fully saturated rings. The van der Waals surface area contributed by atoms with E-state index in [0.29, 0.717) is 0 Å². The summed E-state index contributed by atoms with van der Waals surface area (Å²) in [6.07, 6.45) is -0.165. The maximum Gasteiger partial charge on any atom is 0.326 e. The minimum atomic E-state index is -1.21. The van der Waals surface area contributed by atoms with Gasteiger partial charge in [0.25, 0.3) is 5.69 Å². The Morgan fingerprint density at radius 2 is 2.05 bits per heavy atom. The van der Waals surface area contributed by atoms with Crippen LogP contribution in [0.15, 0.2) is 24.3 Å². The Hall–Kier alpha value is -2.64. The number of nitrogens with two attached hydrogens (primary N) is 1. The molecule has 1 aromatic rings. The lowest BCUT2D eigenvalue weighted by molar-refractivity contribution is -0.384. The number of primary amides is 1. The van der Waals surface area contributed by atoms with Crippen molar-refractivity contribution in [2.75, 3.05) is 5.32 Å². The number of aliphatic carboxylic acids is 1. The quantitative estimate of drug-likeness (QED) is 0.492. The van der Waals surface area contributed by atoms with Crippen molar-refractivity contribution in [3.8, 4) is 0 Å². The van der Waals surface area contributed by atoms with Crippen LogP contribution in [0, 0.1) is 10.1 Å². The van der Waals surface area contributed by atoms with Crippen molar-refractivity contribution < 1.29 is 19.6 Å². The third-order valence-electron chi connectivity index (χ3n) is 2.41. The second-order valence-corrected chi connectivity index (χ2v) is 3.81. The lowest BCUT2D eigenvalue weighted by Crippen LogP contribution is -2.31. The van der Waals surface area contributed by atoms with E-state index in [1.807, 2.05) is 0 Å². The molecule has 8 nitrogen and oxygen atoms in total. The Labute approximate surface area is 108 Å². The van der Waals surface area contributed by atoms with Crippen LogP contribution in [0.4, 0.5) is 11.4 Å². The number of nitro benzene ring substituents is 1. The number of para-hydroxylation sites is 2. The van der Waals surface area contributed by atoms with Gasteiger partial charge < -0.3 is 16.2 Å². The van der Waals surface area contributed by atoms with E-state index in [9.17, 15) is 19.7 Å². The van der Waals surface area contributed by atoms with Gasteiger partial charge in [0.1, 0.15) is 11.7 Å². The summed E-state index contributed by atoms with van der Waals surface area (Å²) in [6.45, 7) is 0. The van der Waals surface area contributed by atoms with E-state index in [1.54, 1.807) is 6.07 Å². The van der Waals surface area contributed by atoms with E-state index in [0.717, 1.165) is 0 Å². The van der Waals surface area contributed by atoms with Crippen molar-refractivity contribution >= 4 is 23.3 Å². The van der Waals surface area contributed by atoms with Gasteiger partial charge in [-0.15, -0.1) is 0 Å². The normalized spacial score (nSPS) is 11.6. The number of carbonyl (C=O) groups excluding carboxylic acids is 1. The highest BCUT2D eigenvalue weighted by atomic mass is 16.6. The highest BCUT2D eigenvalue weighted by Gasteiger charge is 2.21. The summed E-state index contributed by atoms with van der Waals surface area (Å²) in [5.74, 6) is -1.84. The molecule has 0 unspecified atom stereocenters. The van der Waals surface area contributed by atoms with Gasteiger partial charge in [0.15, 0.2) is 0 Å². The van der Waals surface area contributed by atoms with Gasteiger partial charge in [-0.1, -0.05) is 12.1 Å². The van der Waals surface area contributed by atoms with Crippen molar-refractivity contribution in [1.82, 2.24) is 0 Å². The van der Waals surface area contributed by atoms with E-state index < -0.39 is 22.8 Å². The molecule has 0 radical (unpaired) electrons. The molecule has 0 aromatic heterocycles. The van der Waals surface area contributed by atoms with Gasteiger partial charge in [-0.25, -0.2) is 4.79 Å². The first-order valence-corrected chi connectivity index (χ1v) is 5.43. The van der Waals surface area contributed by atoms with Crippen LogP contribution in [-0.4, -0.2) is 27.9 Å². The molecule has 0 spiro atoms. The van der Waals surface area contributed by atoms with Crippen LogP contribution in [0.2, 0.25) is 0 Å². The summed E-state index contributed by atoms with van der Waals surface area (Å²) < 4.78 is 0. The predicted octanol–water partition coefficient (Wildman–Crippen LogP) is 0.725. The largest absolute Gasteiger partial charge is 0.480 e. The zero-order valence-electron chi connectivity index (χ0n) is 9.91. The standard InChI is InChI=1S/C11H13N3O5/c12-10(15)6-5-8(11(16)17)13-7-3-1-2-4-9(7)14(18)19/h1-4,8,13H,5-6H2,(H2,12,15)(H,16,17)/t8-/m0/s1. The summed E-state index contributed by atoms with van der Waals surface area (Å²) in [5.41, 5.74) is 4.80. The SMILES string of the molecule is NC(=O)CC[C@H](Nc1ccccc1[N+](=O)[O-])C(=O)O. The van der Waals surface area contributed by atoms with Crippen LogP contribution in [0.5, 0.6) is 0 Å². The molecule has 0 aliphatic rings. The third-order valence-corrected chi connectivity index (χ3v) is 2.41. The van der Waals surface area contributed by atoms with Crippen LogP contribution >= 0.6 is 0 Å².